The number of halogens is 3. The third-order valence-corrected chi connectivity index (χ3v) is 3.19. The summed E-state index contributed by atoms with van der Waals surface area (Å²) in [6.07, 6.45) is 1.43. The Labute approximate surface area is 116 Å². The first-order chi connectivity index (χ1) is 9.08. The van der Waals surface area contributed by atoms with Crippen LogP contribution < -0.4 is 5.43 Å². The molecule has 1 N–H and O–H groups in total. The van der Waals surface area contributed by atoms with E-state index < -0.39 is 17.5 Å². The van der Waals surface area contributed by atoms with Gasteiger partial charge in [-0.2, -0.15) is 16.4 Å². The van der Waals surface area contributed by atoms with Gasteiger partial charge in [0.25, 0.3) is 5.91 Å². The number of nitrogens with zero attached hydrogens (tertiary/aromatic N) is 1. The molecule has 0 fully saturated rings. The zero-order valence-corrected chi connectivity index (χ0v) is 10.9. The van der Waals surface area contributed by atoms with E-state index in [4.69, 9.17) is 11.6 Å². The summed E-state index contributed by atoms with van der Waals surface area (Å²) in [6.45, 7) is 0. The van der Waals surface area contributed by atoms with Crippen LogP contribution in [0.1, 0.15) is 15.9 Å². The summed E-state index contributed by atoms with van der Waals surface area (Å²) in [4.78, 5) is 11.7. The van der Waals surface area contributed by atoms with Gasteiger partial charge in [0.15, 0.2) is 11.6 Å². The number of carbonyl (C=O) groups excluding carboxylic acids is 1. The van der Waals surface area contributed by atoms with Gasteiger partial charge in [-0.25, -0.2) is 14.2 Å². The van der Waals surface area contributed by atoms with Gasteiger partial charge in [-0.15, -0.1) is 0 Å². The number of hydrogen-bond acceptors (Lipinski definition) is 3. The molecule has 3 nitrogen and oxygen atoms in total. The van der Waals surface area contributed by atoms with E-state index in [1.807, 2.05) is 16.8 Å². The van der Waals surface area contributed by atoms with Gasteiger partial charge < -0.3 is 0 Å². The van der Waals surface area contributed by atoms with Crippen LogP contribution in [0.15, 0.2) is 34.1 Å². The summed E-state index contributed by atoms with van der Waals surface area (Å²) in [5.74, 6) is -2.96. The highest BCUT2D eigenvalue weighted by atomic mass is 35.5. The molecule has 1 heterocycles. The summed E-state index contributed by atoms with van der Waals surface area (Å²) in [7, 11) is 0. The van der Waals surface area contributed by atoms with Crippen LogP contribution in [-0.4, -0.2) is 12.1 Å². The molecule has 0 aliphatic rings. The molecule has 7 heteroatoms. The maximum atomic E-state index is 13.0. The van der Waals surface area contributed by atoms with Gasteiger partial charge >= 0.3 is 0 Å². The third kappa shape index (κ3) is 3.36. The number of hydrazone groups is 1. The Morgan fingerprint density at radius 2 is 2.11 bits per heavy atom. The lowest BCUT2D eigenvalue weighted by Crippen LogP contribution is -2.18. The summed E-state index contributed by atoms with van der Waals surface area (Å²) >= 11 is 7.14. The van der Waals surface area contributed by atoms with E-state index in [-0.39, 0.29) is 10.6 Å². The first-order valence-corrected chi connectivity index (χ1v) is 6.40. The van der Waals surface area contributed by atoms with Crippen LogP contribution in [0, 0.1) is 11.6 Å². The van der Waals surface area contributed by atoms with Gasteiger partial charge in [-0.3, -0.25) is 4.79 Å². The monoisotopic (exact) mass is 300 g/mol. The molecule has 0 radical (unpaired) electrons. The minimum absolute atomic E-state index is 0.178. The van der Waals surface area contributed by atoms with Crippen LogP contribution in [0.2, 0.25) is 5.02 Å². The lowest BCUT2D eigenvalue weighted by Gasteiger charge is -2.03. The first-order valence-electron chi connectivity index (χ1n) is 5.08. The van der Waals surface area contributed by atoms with Crippen molar-refractivity contribution in [1.29, 1.82) is 0 Å². The predicted molar refractivity (Wildman–Crippen MR) is 70.7 cm³/mol. The topological polar surface area (TPSA) is 41.5 Å². The predicted octanol–water partition coefficient (Wildman–Crippen LogP) is 3.44. The second-order valence-corrected chi connectivity index (χ2v) is 4.69. The maximum Gasteiger partial charge on any atom is 0.272 e. The standard InChI is InChI=1S/C12H7ClF2N2OS/c13-9-4-11(15)10(14)3-8(9)12(18)17-16-5-7-1-2-19-6-7/h1-6H,(H,17,18)/b16-5-. The van der Waals surface area contributed by atoms with Crippen molar-refractivity contribution in [3.8, 4) is 0 Å². The molecule has 0 aliphatic carbocycles. The minimum atomic E-state index is -1.14. The second-order valence-electron chi connectivity index (χ2n) is 3.50. The van der Waals surface area contributed by atoms with Crippen molar-refractivity contribution >= 4 is 35.1 Å². The fourth-order valence-electron chi connectivity index (χ4n) is 1.27. The third-order valence-electron chi connectivity index (χ3n) is 2.18. The van der Waals surface area contributed by atoms with Crippen LogP contribution in [0.5, 0.6) is 0 Å². The average Bonchev–Trinajstić information content (AvgIpc) is 2.86. The summed E-state index contributed by atoms with van der Waals surface area (Å²) < 4.78 is 25.9. The fraction of sp³-hybridized carbons (Fsp3) is 0. The van der Waals surface area contributed by atoms with Crippen molar-refractivity contribution in [3.63, 3.8) is 0 Å². The van der Waals surface area contributed by atoms with E-state index in [1.54, 1.807) is 0 Å². The molecular weight excluding hydrogens is 294 g/mol. The highest BCUT2D eigenvalue weighted by molar-refractivity contribution is 7.08. The molecule has 0 spiro atoms. The van der Waals surface area contributed by atoms with Gasteiger partial charge in [-0.1, -0.05) is 11.6 Å². The normalized spacial score (nSPS) is 10.9. The molecule has 0 atom stereocenters. The van der Waals surface area contributed by atoms with Gasteiger partial charge in [0, 0.05) is 5.56 Å². The van der Waals surface area contributed by atoms with E-state index in [0.29, 0.717) is 0 Å². The smallest absolute Gasteiger partial charge is 0.267 e. The molecular formula is C12H7ClF2N2OS. The fourth-order valence-corrected chi connectivity index (χ4v) is 2.12. The SMILES string of the molecule is O=C(N/N=C\c1ccsc1)c1cc(F)c(F)cc1Cl. The van der Waals surface area contributed by atoms with Crippen LogP contribution in [0.25, 0.3) is 0 Å². The number of rotatable bonds is 3. The molecule has 2 aromatic rings. The van der Waals surface area contributed by atoms with Crippen molar-refractivity contribution in [2.24, 2.45) is 5.10 Å². The Kier molecular flexibility index (Phi) is 4.24. The van der Waals surface area contributed by atoms with Gasteiger partial charge in [-0.05, 0) is 29.0 Å². The van der Waals surface area contributed by atoms with Crippen molar-refractivity contribution in [2.75, 3.05) is 0 Å². The molecule has 1 aromatic carbocycles. The molecule has 0 bridgehead atoms. The Bertz CT molecular complexity index is 629. The molecule has 2 rings (SSSR count). The summed E-state index contributed by atoms with van der Waals surface area (Å²) in [6, 6.07) is 3.28. The molecule has 0 unspecified atom stereocenters. The lowest BCUT2D eigenvalue weighted by atomic mass is 10.2. The molecule has 0 saturated heterocycles. The molecule has 1 aromatic heterocycles. The highest BCUT2D eigenvalue weighted by Gasteiger charge is 2.14. The van der Waals surface area contributed by atoms with E-state index in [0.717, 1.165) is 17.7 Å². The number of amides is 1. The van der Waals surface area contributed by atoms with Crippen LogP contribution in [0.3, 0.4) is 0 Å². The van der Waals surface area contributed by atoms with Crippen LogP contribution >= 0.6 is 22.9 Å². The number of benzene rings is 1. The molecule has 98 valence electrons. The Hall–Kier alpha value is -1.79. The van der Waals surface area contributed by atoms with Gasteiger partial charge in [0.2, 0.25) is 0 Å². The van der Waals surface area contributed by atoms with E-state index in [1.165, 1.54) is 17.6 Å². The Balaban J connectivity index is 2.10. The van der Waals surface area contributed by atoms with Crippen molar-refractivity contribution in [1.82, 2.24) is 5.43 Å². The quantitative estimate of drug-likeness (QED) is 0.526. The van der Waals surface area contributed by atoms with E-state index >= 15 is 0 Å². The zero-order valence-electron chi connectivity index (χ0n) is 9.36. The second kappa shape index (κ2) is 5.90. The Morgan fingerprint density at radius 3 is 2.79 bits per heavy atom. The van der Waals surface area contributed by atoms with Crippen LogP contribution in [0.4, 0.5) is 8.78 Å². The summed E-state index contributed by atoms with van der Waals surface area (Å²) in [5.41, 5.74) is 2.83. The largest absolute Gasteiger partial charge is 0.272 e. The number of hydrogen-bond donors (Lipinski definition) is 1. The molecule has 0 aliphatic heterocycles. The highest BCUT2D eigenvalue weighted by Crippen LogP contribution is 2.19. The molecule has 1 amide bonds. The van der Waals surface area contributed by atoms with Gasteiger partial charge in [0.1, 0.15) is 0 Å². The Morgan fingerprint density at radius 1 is 1.37 bits per heavy atom. The zero-order chi connectivity index (χ0) is 13.8. The number of carbonyl (C=O) groups is 1. The molecule has 19 heavy (non-hydrogen) atoms. The van der Waals surface area contributed by atoms with Crippen molar-refractivity contribution < 1.29 is 13.6 Å². The number of thiophene rings is 1. The maximum absolute atomic E-state index is 13.0. The van der Waals surface area contributed by atoms with Crippen molar-refractivity contribution in [2.45, 2.75) is 0 Å². The van der Waals surface area contributed by atoms with Crippen molar-refractivity contribution in [3.05, 3.63) is 56.7 Å². The van der Waals surface area contributed by atoms with E-state index in [2.05, 4.69) is 10.5 Å². The van der Waals surface area contributed by atoms with Crippen LogP contribution in [-0.2, 0) is 0 Å². The van der Waals surface area contributed by atoms with E-state index in [9.17, 15) is 13.6 Å². The number of nitrogens with one attached hydrogen (secondary N) is 1. The summed E-state index contributed by atoms with van der Waals surface area (Å²) in [5, 5.41) is 7.20. The van der Waals surface area contributed by atoms with Gasteiger partial charge in [0.05, 0.1) is 16.8 Å². The first kappa shape index (κ1) is 13.6. The molecule has 0 saturated carbocycles. The average molecular weight is 301 g/mol. The lowest BCUT2D eigenvalue weighted by molar-refractivity contribution is 0.0954. The minimum Gasteiger partial charge on any atom is -0.267 e.